The lowest BCUT2D eigenvalue weighted by atomic mass is 10.00. The first-order chi connectivity index (χ1) is 27.5. The fourth-order valence-corrected chi connectivity index (χ4v) is 9.19. The maximum absolute atomic E-state index is 9.36. The van der Waals surface area contributed by atoms with E-state index in [1.54, 1.807) is 0 Å². The zero-order chi connectivity index (χ0) is 40.3. The quantitative estimate of drug-likeness (QED) is 0.0621. The highest BCUT2D eigenvalue weighted by molar-refractivity contribution is 4.81. The van der Waals surface area contributed by atoms with Crippen LogP contribution in [0.15, 0.2) is 0 Å². The maximum Gasteiger partial charge on any atom is 0.168 e. The van der Waals surface area contributed by atoms with E-state index in [4.69, 9.17) is 18.9 Å². The molecule has 0 aromatic rings. The highest BCUT2D eigenvalue weighted by Gasteiger charge is 2.41. The van der Waals surface area contributed by atoms with Gasteiger partial charge in [0.1, 0.15) is 0 Å². The lowest BCUT2D eigenvalue weighted by molar-refractivity contribution is -0.180. The summed E-state index contributed by atoms with van der Waals surface area (Å²) in [6.07, 6.45) is 45.8. The van der Waals surface area contributed by atoms with Gasteiger partial charge in [-0.1, -0.05) is 169 Å². The molecule has 2 unspecified atom stereocenters. The normalized spacial score (nSPS) is 19.2. The smallest absolute Gasteiger partial charge is 0.168 e. The number of nitrogens with zero attached hydrogens (tertiary/aromatic N) is 1. The molecule has 6 nitrogen and oxygen atoms in total. The van der Waals surface area contributed by atoms with E-state index >= 15 is 0 Å². The van der Waals surface area contributed by atoms with Gasteiger partial charge in [0.25, 0.3) is 0 Å². The van der Waals surface area contributed by atoms with E-state index < -0.39 is 0 Å². The van der Waals surface area contributed by atoms with Gasteiger partial charge in [-0.2, -0.15) is 0 Å². The second-order valence-electron chi connectivity index (χ2n) is 18.3. The van der Waals surface area contributed by atoms with Gasteiger partial charge >= 0.3 is 0 Å². The molecule has 2 saturated heterocycles. The van der Waals surface area contributed by atoms with Crippen LogP contribution in [0.5, 0.6) is 0 Å². The molecule has 2 aliphatic heterocycles. The molecular weight excluding hydrogens is 695 g/mol. The third-order valence-corrected chi connectivity index (χ3v) is 12.9. The Balaban J connectivity index is 1.54. The molecule has 0 amide bonds. The Morgan fingerprint density at radius 1 is 0.393 bits per heavy atom. The summed E-state index contributed by atoms with van der Waals surface area (Å²) in [7, 11) is 0. The monoisotopic (exact) mass is 794 g/mol. The van der Waals surface area contributed by atoms with E-state index in [-0.39, 0.29) is 11.6 Å². The topological polar surface area (TPSA) is 60.4 Å². The van der Waals surface area contributed by atoms with E-state index in [0.29, 0.717) is 18.8 Å². The third kappa shape index (κ3) is 25.4. The van der Waals surface area contributed by atoms with Crippen LogP contribution in [0.4, 0.5) is 0 Å². The van der Waals surface area contributed by atoms with Crippen molar-refractivity contribution in [3.8, 4) is 0 Å². The van der Waals surface area contributed by atoms with Crippen molar-refractivity contribution in [2.75, 3.05) is 39.5 Å². The summed E-state index contributed by atoms with van der Waals surface area (Å²) in [5.41, 5.74) is 0. The second-order valence-corrected chi connectivity index (χ2v) is 18.3. The zero-order valence-corrected chi connectivity index (χ0v) is 38.4. The first kappa shape index (κ1) is 51.9. The standard InChI is InChI=1S/C50H99NO5/c1-5-9-13-27-37-49(38-28-14-10-6-2)53-45-47(55-49)35-25-21-17-19-23-31-41-51(43-33-34-44-52)42-32-24-20-18-22-26-36-48-46-54-50(56-48,39-29-15-11-7-3)40-30-16-12-8-4/h47-48,52H,5-46H2,1-4H3. The van der Waals surface area contributed by atoms with Crippen molar-refractivity contribution in [1.29, 1.82) is 0 Å². The minimum Gasteiger partial charge on any atom is -0.396 e. The number of unbranched alkanes of at least 4 members (excludes halogenated alkanes) is 23. The molecule has 0 aliphatic carbocycles. The Morgan fingerprint density at radius 3 is 1.04 bits per heavy atom. The fraction of sp³-hybridized carbons (Fsp3) is 1.00. The molecule has 2 rings (SSSR count). The summed E-state index contributed by atoms with van der Waals surface area (Å²) >= 11 is 0. The molecule has 2 heterocycles. The van der Waals surface area contributed by atoms with Gasteiger partial charge in [-0.05, 0) is 83.8 Å². The first-order valence-electron chi connectivity index (χ1n) is 25.5. The molecule has 2 aliphatic rings. The van der Waals surface area contributed by atoms with Crippen LogP contribution in [-0.4, -0.2) is 73.2 Å². The van der Waals surface area contributed by atoms with Crippen LogP contribution >= 0.6 is 0 Å². The Hall–Kier alpha value is -0.240. The van der Waals surface area contributed by atoms with Crippen LogP contribution in [0, 0.1) is 0 Å². The van der Waals surface area contributed by atoms with E-state index in [1.807, 2.05) is 0 Å². The lowest BCUT2D eigenvalue weighted by Crippen LogP contribution is -2.31. The molecule has 2 fully saturated rings. The van der Waals surface area contributed by atoms with Crippen LogP contribution in [-0.2, 0) is 18.9 Å². The molecule has 6 heteroatoms. The van der Waals surface area contributed by atoms with Gasteiger partial charge in [0, 0.05) is 32.3 Å². The van der Waals surface area contributed by atoms with Crippen molar-refractivity contribution in [3.05, 3.63) is 0 Å². The molecule has 2 atom stereocenters. The molecule has 0 saturated carbocycles. The number of ether oxygens (including phenoxy) is 4. The summed E-state index contributed by atoms with van der Waals surface area (Å²) < 4.78 is 26.3. The predicted molar refractivity (Wildman–Crippen MR) is 240 cm³/mol. The molecule has 0 spiro atoms. The van der Waals surface area contributed by atoms with Crippen molar-refractivity contribution < 1.29 is 24.1 Å². The lowest BCUT2D eigenvalue weighted by Gasteiger charge is -2.28. The van der Waals surface area contributed by atoms with Gasteiger partial charge in [0.15, 0.2) is 11.6 Å². The van der Waals surface area contributed by atoms with Crippen molar-refractivity contribution in [2.24, 2.45) is 0 Å². The third-order valence-electron chi connectivity index (χ3n) is 12.9. The van der Waals surface area contributed by atoms with Gasteiger partial charge in [0.05, 0.1) is 25.4 Å². The Morgan fingerprint density at radius 2 is 0.696 bits per heavy atom. The largest absolute Gasteiger partial charge is 0.396 e. The minimum absolute atomic E-state index is 0.287. The van der Waals surface area contributed by atoms with Gasteiger partial charge in [-0.15, -0.1) is 0 Å². The van der Waals surface area contributed by atoms with Crippen LogP contribution < -0.4 is 0 Å². The van der Waals surface area contributed by atoms with E-state index in [2.05, 4.69) is 32.6 Å². The Bertz CT molecular complexity index is 754. The van der Waals surface area contributed by atoms with E-state index in [1.165, 1.54) is 193 Å². The fourth-order valence-electron chi connectivity index (χ4n) is 9.19. The average molecular weight is 794 g/mol. The minimum atomic E-state index is -0.287. The van der Waals surface area contributed by atoms with Crippen molar-refractivity contribution in [2.45, 2.75) is 283 Å². The number of aliphatic hydroxyl groups excluding tert-OH is 1. The molecule has 56 heavy (non-hydrogen) atoms. The summed E-state index contributed by atoms with van der Waals surface area (Å²) in [6.45, 7) is 14.7. The van der Waals surface area contributed by atoms with Crippen LogP contribution in [0.25, 0.3) is 0 Å². The van der Waals surface area contributed by atoms with Crippen LogP contribution in [0.3, 0.4) is 0 Å². The van der Waals surface area contributed by atoms with E-state index in [9.17, 15) is 5.11 Å². The van der Waals surface area contributed by atoms with Gasteiger partial charge in [0.2, 0.25) is 0 Å². The molecule has 0 bridgehead atoms. The highest BCUT2D eigenvalue weighted by Crippen LogP contribution is 2.37. The van der Waals surface area contributed by atoms with Crippen LogP contribution in [0.2, 0.25) is 0 Å². The number of rotatable bonds is 42. The van der Waals surface area contributed by atoms with E-state index in [0.717, 1.165) is 71.1 Å². The second kappa shape index (κ2) is 35.5. The number of aliphatic hydroxyl groups is 1. The molecule has 1 N–H and O–H groups in total. The number of hydrogen-bond acceptors (Lipinski definition) is 6. The van der Waals surface area contributed by atoms with Crippen molar-refractivity contribution >= 4 is 0 Å². The SMILES string of the molecule is CCCCCCC1(CCCCCC)OCC(CCCCCCCCN(CCCCO)CCCCCCCCC2COC(CCCCCC)(CCCCCC)O2)O1. The summed E-state index contributed by atoms with van der Waals surface area (Å²) in [5, 5.41) is 9.36. The summed E-state index contributed by atoms with van der Waals surface area (Å²) in [5.74, 6) is -0.574. The molecule has 0 aromatic carbocycles. The van der Waals surface area contributed by atoms with Gasteiger partial charge in [-0.3, -0.25) is 0 Å². The summed E-state index contributed by atoms with van der Waals surface area (Å²) in [4.78, 5) is 2.69. The van der Waals surface area contributed by atoms with Gasteiger partial charge < -0.3 is 29.0 Å². The summed E-state index contributed by atoms with van der Waals surface area (Å²) in [6, 6.07) is 0. The Kier molecular flexibility index (Phi) is 32.9. The first-order valence-corrected chi connectivity index (χ1v) is 25.5. The van der Waals surface area contributed by atoms with Crippen LogP contribution in [0.1, 0.15) is 259 Å². The van der Waals surface area contributed by atoms with Gasteiger partial charge in [-0.25, -0.2) is 0 Å². The molecule has 0 radical (unpaired) electrons. The zero-order valence-electron chi connectivity index (χ0n) is 38.4. The highest BCUT2D eigenvalue weighted by atomic mass is 16.7. The molecule has 334 valence electrons. The molecular formula is C50H99NO5. The number of hydrogen-bond donors (Lipinski definition) is 1. The maximum atomic E-state index is 9.36. The molecule has 0 aromatic heterocycles. The average Bonchev–Trinajstić information content (AvgIpc) is 3.81. The predicted octanol–water partition coefficient (Wildman–Crippen LogP) is 14.6. The Labute approximate surface area is 350 Å². The van der Waals surface area contributed by atoms with Crippen molar-refractivity contribution in [3.63, 3.8) is 0 Å². The van der Waals surface area contributed by atoms with Crippen molar-refractivity contribution in [1.82, 2.24) is 4.90 Å².